The summed E-state index contributed by atoms with van der Waals surface area (Å²) >= 11 is 0. The van der Waals surface area contributed by atoms with Gasteiger partial charge in [-0.15, -0.1) is 0 Å². The Morgan fingerprint density at radius 2 is 2.42 bits per heavy atom. The molecule has 0 saturated heterocycles. The standard InChI is InChI=1S/C8H12N4/c1-10-8(9)12(2)7-4-3-5-11-6-7/h3-6H,1-2H3,(H2,9,10). The molecule has 0 aromatic carbocycles. The van der Waals surface area contributed by atoms with Gasteiger partial charge in [-0.3, -0.25) is 9.98 Å². The van der Waals surface area contributed by atoms with Crippen LogP contribution in [0.5, 0.6) is 0 Å². The molecule has 1 rings (SSSR count). The molecule has 1 heterocycles. The Hall–Kier alpha value is -1.58. The maximum atomic E-state index is 5.60. The lowest BCUT2D eigenvalue weighted by atomic mass is 10.4. The predicted octanol–water partition coefficient (Wildman–Crippen LogP) is 0.462. The molecule has 1 aromatic heterocycles. The summed E-state index contributed by atoms with van der Waals surface area (Å²) in [6.07, 6.45) is 3.45. The van der Waals surface area contributed by atoms with Crippen molar-refractivity contribution in [3.63, 3.8) is 0 Å². The first-order valence-corrected chi connectivity index (χ1v) is 3.61. The molecule has 0 bridgehead atoms. The van der Waals surface area contributed by atoms with Crippen molar-refractivity contribution in [3.05, 3.63) is 24.5 Å². The van der Waals surface area contributed by atoms with Crippen molar-refractivity contribution in [3.8, 4) is 0 Å². The van der Waals surface area contributed by atoms with Crippen LogP contribution in [0.3, 0.4) is 0 Å². The Bertz CT molecular complexity index is 268. The second kappa shape index (κ2) is 3.71. The van der Waals surface area contributed by atoms with Crippen molar-refractivity contribution in [2.24, 2.45) is 10.7 Å². The molecule has 0 saturated carbocycles. The highest BCUT2D eigenvalue weighted by Gasteiger charge is 2.01. The summed E-state index contributed by atoms with van der Waals surface area (Å²) in [7, 11) is 3.50. The lowest BCUT2D eigenvalue weighted by molar-refractivity contribution is 1.17. The largest absolute Gasteiger partial charge is 0.370 e. The van der Waals surface area contributed by atoms with Crippen LogP contribution in [0.2, 0.25) is 0 Å². The second-order valence-corrected chi connectivity index (χ2v) is 2.35. The van der Waals surface area contributed by atoms with Crippen LogP contribution in [0.25, 0.3) is 0 Å². The molecule has 64 valence electrons. The van der Waals surface area contributed by atoms with E-state index in [2.05, 4.69) is 9.98 Å². The number of guanidine groups is 1. The average molecular weight is 164 g/mol. The van der Waals surface area contributed by atoms with E-state index in [1.165, 1.54) is 0 Å². The number of rotatable bonds is 1. The van der Waals surface area contributed by atoms with E-state index in [1.807, 2.05) is 19.2 Å². The van der Waals surface area contributed by atoms with Gasteiger partial charge in [-0.1, -0.05) is 0 Å². The van der Waals surface area contributed by atoms with Gasteiger partial charge in [-0.05, 0) is 12.1 Å². The van der Waals surface area contributed by atoms with Crippen LogP contribution < -0.4 is 10.6 Å². The van der Waals surface area contributed by atoms with E-state index in [-0.39, 0.29) is 0 Å². The van der Waals surface area contributed by atoms with Crippen molar-refractivity contribution < 1.29 is 0 Å². The van der Waals surface area contributed by atoms with Gasteiger partial charge in [0.05, 0.1) is 11.9 Å². The summed E-state index contributed by atoms with van der Waals surface area (Å²) in [5, 5.41) is 0. The van der Waals surface area contributed by atoms with E-state index in [4.69, 9.17) is 5.73 Å². The normalized spacial score (nSPS) is 11.3. The molecule has 0 aliphatic rings. The highest BCUT2D eigenvalue weighted by atomic mass is 15.2. The molecule has 0 unspecified atom stereocenters. The van der Waals surface area contributed by atoms with E-state index in [0.717, 1.165) is 5.69 Å². The number of pyridine rings is 1. The molecular formula is C8H12N4. The van der Waals surface area contributed by atoms with E-state index in [1.54, 1.807) is 24.3 Å². The van der Waals surface area contributed by atoms with Crippen LogP contribution >= 0.6 is 0 Å². The smallest absolute Gasteiger partial charge is 0.195 e. The zero-order valence-electron chi connectivity index (χ0n) is 7.23. The molecule has 4 heteroatoms. The fraction of sp³-hybridized carbons (Fsp3) is 0.250. The molecule has 12 heavy (non-hydrogen) atoms. The third-order valence-electron chi connectivity index (χ3n) is 1.61. The van der Waals surface area contributed by atoms with E-state index in [0.29, 0.717) is 5.96 Å². The fourth-order valence-corrected chi connectivity index (χ4v) is 0.834. The number of hydrogen-bond donors (Lipinski definition) is 1. The number of nitrogens with zero attached hydrogens (tertiary/aromatic N) is 3. The van der Waals surface area contributed by atoms with E-state index >= 15 is 0 Å². The number of anilines is 1. The zero-order chi connectivity index (χ0) is 8.97. The van der Waals surface area contributed by atoms with Gasteiger partial charge in [0.25, 0.3) is 0 Å². The lowest BCUT2D eigenvalue weighted by Gasteiger charge is -2.16. The van der Waals surface area contributed by atoms with Crippen molar-refractivity contribution in [2.75, 3.05) is 19.0 Å². The van der Waals surface area contributed by atoms with Crippen LogP contribution in [0.4, 0.5) is 5.69 Å². The van der Waals surface area contributed by atoms with Crippen LogP contribution in [-0.2, 0) is 0 Å². The van der Waals surface area contributed by atoms with Crippen molar-refractivity contribution in [1.82, 2.24) is 4.98 Å². The van der Waals surface area contributed by atoms with Gasteiger partial charge in [0.1, 0.15) is 0 Å². The molecule has 0 fully saturated rings. The van der Waals surface area contributed by atoms with Crippen LogP contribution in [-0.4, -0.2) is 25.0 Å². The highest BCUT2D eigenvalue weighted by molar-refractivity contribution is 5.93. The Morgan fingerprint density at radius 1 is 1.67 bits per heavy atom. The average Bonchev–Trinajstić information content (AvgIpc) is 2.17. The van der Waals surface area contributed by atoms with Gasteiger partial charge in [-0.2, -0.15) is 0 Å². The third kappa shape index (κ3) is 1.72. The van der Waals surface area contributed by atoms with Crippen LogP contribution in [0.15, 0.2) is 29.5 Å². The molecule has 0 radical (unpaired) electrons. The highest BCUT2D eigenvalue weighted by Crippen LogP contribution is 2.07. The summed E-state index contributed by atoms with van der Waals surface area (Å²) in [4.78, 5) is 9.60. The summed E-state index contributed by atoms with van der Waals surface area (Å²) in [6.45, 7) is 0. The molecule has 0 spiro atoms. The van der Waals surface area contributed by atoms with Crippen molar-refractivity contribution in [1.29, 1.82) is 0 Å². The Labute approximate surface area is 71.7 Å². The van der Waals surface area contributed by atoms with Crippen molar-refractivity contribution in [2.45, 2.75) is 0 Å². The summed E-state index contributed by atoms with van der Waals surface area (Å²) in [5.41, 5.74) is 6.53. The lowest BCUT2D eigenvalue weighted by Crippen LogP contribution is -2.33. The van der Waals surface area contributed by atoms with E-state index in [9.17, 15) is 0 Å². The molecule has 2 N–H and O–H groups in total. The minimum atomic E-state index is 0.475. The van der Waals surface area contributed by atoms with Gasteiger partial charge >= 0.3 is 0 Å². The Balaban J connectivity index is 2.86. The number of hydrogen-bond acceptors (Lipinski definition) is 2. The molecule has 1 aromatic rings. The first kappa shape index (κ1) is 8.52. The molecule has 0 atom stereocenters. The van der Waals surface area contributed by atoms with Gasteiger partial charge in [0, 0.05) is 20.3 Å². The summed E-state index contributed by atoms with van der Waals surface area (Å²) in [5.74, 6) is 0.475. The molecule has 4 nitrogen and oxygen atoms in total. The third-order valence-corrected chi connectivity index (χ3v) is 1.61. The van der Waals surface area contributed by atoms with Gasteiger partial charge in [0.15, 0.2) is 5.96 Å². The summed E-state index contributed by atoms with van der Waals surface area (Å²) in [6, 6.07) is 3.78. The molecular weight excluding hydrogens is 152 g/mol. The summed E-state index contributed by atoms with van der Waals surface area (Å²) < 4.78 is 0. The van der Waals surface area contributed by atoms with Crippen molar-refractivity contribution >= 4 is 11.6 Å². The molecule has 0 aliphatic carbocycles. The molecule has 0 aliphatic heterocycles. The number of nitrogens with two attached hydrogens (primary N) is 1. The number of aliphatic imine (C=N–C) groups is 1. The van der Waals surface area contributed by atoms with Gasteiger partial charge in [-0.25, -0.2) is 0 Å². The minimum Gasteiger partial charge on any atom is -0.370 e. The maximum absolute atomic E-state index is 5.60. The SMILES string of the molecule is CN=C(N)N(C)c1cccnc1. The first-order valence-electron chi connectivity index (χ1n) is 3.61. The molecule has 0 amide bonds. The second-order valence-electron chi connectivity index (χ2n) is 2.35. The maximum Gasteiger partial charge on any atom is 0.195 e. The topological polar surface area (TPSA) is 54.5 Å². The Kier molecular flexibility index (Phi) is 2.63. The fourth-order valence-electron chi connectivity index (χ4n) is 0.834. The quantitative estimate of drug-likeness (QED) is 0.484. The van der Waals surface area contributed by atoms with Crippen LogP contribution in [0, 0.1) is 0 Å². The van der Waals surface area contributed by atoms with Crippen LogP contribution in [0.1, 0.15) is 0 Å². The zero-order valence-corrected chi connectivity index (χ0v) is 7.23. The van der Waals surface area contributed by atoms with Gasteiger partial charge < -0.3 is 10.6 Å². The van der Waals surface area contributed by atoms with Gasteiger partial charge in [0.2, 0.25) is 0 Å². The Morgan fingerprint density at radius 3 is 2.92 bits per heavy atom. The number of aromatic nitrogens is 1. The monoisotopic (exact) mass is 164 g/mol. The first-order chi connectivity index (χ1) is 5.75. The minimum absolute atomic E-state index is 0.475. The predicted molar refractivity (Wildman–Crippen MR) is 50.2 cm³/mol. The van der Waals surface area contributed by atoms with E-state index < -0.39 is 0 Å².